The largest absolute Gasteiger partial charge is 0.301 e. The van der Waals surface area contributed by atoms with E-state index in [0.717, 1.165) is 11.9 Å². The van der Waals surface area contributed by atoms with Crippen molar-refractivity contribution >= 4 is 11.6 Å². The molecule has 0 saturated carbocycles. The van der Waals surface area contributed by atoms with E-state index in [1.807, 2.05) is 0 Å². The maximum Gasteiger partial charge on any atom is 0.0224 e. The monoisotopic (exact) mass is 230 g/mol. The van der Waals surface area contributed by atoms with E-state index in [0.29, 0.717) is 0 Å². The molecular weight excluding hydrogens is 208 g/mol. The Labute approximate surface area is 98.6 Å². The molecule has 0 spiro atoms. The van der Waals surface area contributed by atoms with Crippen LogP contribution in [0.1, 0.15) is 32.1 Å². The van der Waals surface area contributed by atoms with Crippen LogP contribution in [0.4, 0.5) is 0 Å². The molecule has 2 rings (SSSR count). The molecule has 3 heteroatoms. The van der Waals surface area contributed by atoms with Gasteiger partial charge >= 0.3 is 0 Å². The van der Waals surface area contributed by atoms with Gasteiger partial charge in [0.15, 0.2) is 0 Å². The lowest BCUT2D eigenvalue weighted by Gasteiger charge is -2.37. The van der Waals surface area contributed by atoms with E-state index in [1.54, 1.807) is 0 Å². The molecule has 2 heterocycles. The molecule has 0 N–H and O–H groups in total. The molecule has 2 aliphatic rings. The number of nitrogens with zero attached hydrogens (tertiary/aromatic N) is 2. The predicted octanol–water partition coefficient (Wildman–Crippen LogP) is 2.18. The summed E-state index contributed by atoms with van der Waals surface area (Å²) in [6.45, 7) is 6.56. The van der Waals surface area contributed by atoms with E-state index in [1.165, 1.54) is 64.8 Å². The highest BCUT2D eigenvalue weighted by molar-refractivity contribution is 6.17. The van der Waals surface area contributed by atoms with Crippen LogP contribution in [-0.4, -0.2) is 54.4 Å². The number of piperazine rings is 1. The van der Waals surface area contributed by atoms with Crippen LogP contribution in [-0.2, 0) is 0 Å². The average molecular weight is 231 g/mol. The lowest BCUT2D eigenvalue weighted by Crippen LogP contribution is -2.50. The Morgan fingerprint density at radius 3 is 2.87 bits per heavy atom. The highest BCUT2D eigenvalue weighted by atomic mass is 35.5. The maximum absolute atomic E-state index is 5.68. The van der Waals surface area contributed by atoms with Gasteiger partial charge in [0.2, 0.25) is 0 Å². The number of halogens is 1. The maximum atomic E-state index is 5.68. The molecule has 0 radical (unpaired) electrons. The highest BCUT2D eigenvalue weighted by Crippen LogP contribution is 2.21. The first-order valence-corrected chi connectivity index (χ1v) is 6.96. The predicted molar refractivity (Wildman–Crippen MR) is 65.6 cm³/mol. The molecular formula is C12H23ClN2. The Bertz CT molecular complexity index is 186. The summed E-state index contributed by atoms with van der Waals surface area (Å²) in [6, 6.07) is 0.881. The normalized spacial score (nSPS) is 28.2. The molecule has 15 heavy (non-hydrogen) atoms. The summed E-state index contributed by atoms with van der Waals surface area (Å²) in [6.07, 6.45) is 6.67. The van der Waals surface area contributed by atoms with Gasteiger partial charge in [-0.25, -0.2) is 0 Å². The van der Waals surface area contributed by atoms with Crippen LogP contribution in [0.3, 0.4) is 0 Å². The first kappa shape index (κ1) is 11.7. The fourth-order valence-electron chi connectivity index (χ4n) is 2.87. The minimum absolute atomic E-state index is 0.830. The minimum atomic E-state index is 0.830. The van der Waals surface area contributed by atoms with Crippen LogP contribution < -0.4 is 0 Å². The second-order valence-electron chi connectivity index (χ2n) is 4.88. The van der Waals surface area contributed by atoms with Gasteiger partial charge in [0.25, 0.3) is 0 Å². The van der Waals surface area contributed by atoms with Crippen LogP contribution in [0.25, 0.3) is 0 Å². The van der Waals surface area contributed by atoms with Gasteiger partial charge < -0.3 is 4.90 Å². The first-order valence-electron chi connectivity index (χ1n) is 6.42. The number of unbranched alkanes of at least 4 members (excludes halogenated alkanes) is 2. The minimum Gasteiger partial charge on any atom is -0.301 e. The van der Waals surface area contributed by atoms with Crippen molar-refractivity contribution in [3.8, 4) is 0 Å². The zero-order chi connectivity index (χ0) is 10.5. The van der Waals surface area contributed by atoms with E-state index in [-0.39, 0.29) is 0 Å². The van der Waals surface area contributed by atoms with Crippen molar-refractivity contribution in [2.45, 2.75) is 38.1 Å². The van der Waals surface area contributed by atoms with Crippen LogP contribution in [0.5, 0.6) is 0 Å². The van der Waals surface area contributed by atoms with Crippen LogP contribution >= 0.6 is 11.6 Å². The first-order chi connectivity index (χ1) is 7.40. The zero-order valence-electron chi connectivity index (χ0n) is 9.63. The van der Waals surface area contributed by atoms with E-state index < -0.39 is 0 Å². The van der Waals surface area contributed by atoms with Gasteiger partial charge in [0.1, 0.15) is 0 Å². The molecule has 1 atom stereocenters. The smallest absolute Gasteiger partial charge is 0.0224 e. The summed E-state index contributed by atoms with van der Waals surface area (Å²) in [7, 11) is 0. The second-order valence-corrected chi connectivity index (χ2v) is 5.26. The molecule has 1 unspecified atom stereocenters. The van der Waals surface area contributed by atoms with Gasteiger partial charge in [-0.1, -0.05) is 6.42 Å². The van der Waals surface area contributed by atoms with Crippen molar-refractivity contribution in [3.63, 3.8) is 0 Å². The van der Waals surface area contributed by atoms with Gasteiger partial charge in [0.05, 0.1) is 0 Å². The van der Waals surface area contributed by atoms with Crippen LogP contribution in [0, 0.1) is 0 Å². The highest BCUT2D eigenvalue weighted by Gasteiger charge is 2.29. The fraction of sp³-hybridized carbons (Fsp3) is 1.00. The van der Waals surface area contributed by atoms with Crippen molar-refractivity contribution in [2.75, 3.05) is 38.6 Å². The van der Waals surface area contributed by atoms with Gasteiger partial charge in [-0.05, 0) is 38.8 Å². The van der Waals surface area contributed by atoms with Gasteiger partial charge in [-0.2, -0.15) is 0 Å². The summed E-state index contributed by atoms with van der Waals surface area (Å²) < 4.78 is 0. The Morgan fingerprint density at radius 1 is 1.07 bits per heavy atom. The number of rotatable bonds is 5. The molecule has 0 amide bonds. The lowest BCUT2D eigenvalue weighted by atomic mass is 10.1. The fourth-order valence-corrected chi connectivity index (χ4v) is 3.05. The molecule has 2 aliphatic heterocycles. The van der Waals surface area contributed by atoms with E-state index in [9.17, 15) is 0 Å². The number of hydrogen-bond acceptors (Lipinski definition) is 2. The Balaban J connectivity index is 1.62. The van der Waals surface area contributed by atoms with Crippen LogP contribution in [0.15, 0.2) is 0 Å². The van der Waals surface area contributed by atoms with E-state index in [4.69, 9.17) is 11.6 Å². The molecule has 0 aromatic rings. The third kappa shape index (κ3) is 3.33. The molecule has 2 saturated heterocycles. The van der Waals surface area contributed by atoms with Crippen molar-refractivity contribution in [1.29, 1.82) is 0 Å². The Morgan fingerprint density at radius 2 is 2.00 bits per heavy atom. The third-order valence-electron chi connectivity index (χ3n) is 3.78. The molecule has 0 aromatic carbocycles. The summed E-state index contributed by atoms with van der Waals surface area (Å²) in [5.74, 6) is 0.830. The van der Waals surface area contributed by atoms with Gasteiger partial charge in [0, 0.05) is 31.6 Å². The molecule has 0 aliphatic carbocycles. The quantitative estimate of drug-likeness (QED) is 0.528. The summed E-state index contributed by atoms with van der Waals surface area (Å²) in [4.78, 5) is 5.33. The Hall–Kier alpha value is 0.210. The standard InChI is InChI=1S/C12H23ClN2/c13-6-2-1-3-7-14-9-10-15-8-4-5-12(15)11-14/h12H,1-11H2. The summed E-state index contributed by atoms with van der Waals surface area (Å²) in [5, 5.41) is 0. The topological polar surface area (TPSA) is 6.48 Å². The van der Waals surface area contributed by atoms with Crippen molar-refractivity contribution in [1.82, 2.24) is 9.80 Å². The zero-order valence-corrected chi connectivity index (χ0v) is 10.4. The number of alkyl halides is 1. The number of hydrogen-bond donors (Lipinski definition) is 0. The van der Waals surface area contributed by atoms with Gasteiger partial charge in [-0.15, -0.1) is 11.6 Å². The molecule has 0 bridgehead atoms. The van der Waals surface area contributed by atoms with Crippen molar-refractivity contribution < 1.29 is 0 Å². The lowest BCUT2D eigenvalue weighted by molar-refractivity contribution is 0.103. The second kappa shape index (κ2) is 6.07. The summed E-state index contributed by atoms with van der Waals surface area (Å²) >= 11 is 5.68. The van der Waals surface area contributed by atoms with Crippen LogP contribution in [0.2, 0.25) is 0 Å². The number of fused-ring (bicyclic) bond motifs is 1. The molecule has 2 nitrogen and oxygen atoms in total. The molecule has 88 valence electrons. The molecule has 0 aromatic heterocycles. The Kier molecular flexibility index (Phi) is 4.73. The van der Waals surface area contributed by atoms with Gasteiger partial charge in [-0.3, -0.25) is 4.90 Å². The third-order valence-corrected chi connectivity index (χ3v) is 4.05. The van der Waals surface area contributed by atoms with E-state index >= 15 is 0 Å². The molecule has 2 fully saturated rings. The SMILES string of the molecule is ClCCCCCN1CCN2CCCC2C1. The van der Waals surface area contributed by atoms with Crippen molar-refractivity contribution in [2.24, 2.45) is 0 Å². The summed E-state index contributed by atoms with van der Waals surface area (Å²) in [5.41, 5.74) is 0. The average Bonchev–Trinajstić information content (AvgIpc) is 2.71. The van der Waals surface area contributed by atoms with Crippen molar-refractivity contribution in [3.05, 3.63) is 0 Å². The van der Waals surface area contributed by atoms with E-state index in [2.05, 4.69) is 9.80 Å².